The molecule has 1 saturated carbocycles. The van der Waals surface area contributed by atoms with Crippen LogP contribution in [0.5, 0.6) is 0 Å². The number of piperidine rings is 1. The van der Waals surface area contributed by atoms with Crippen molar-refractivity contribution < 1.29 is 4.79 Å². The van der Waals surface area contributed by atoms with Crippen LogP contribution in [-0.2, 0) is 4.79 Å². The second-order valence-electron chi connectivity index (χ2n) is 8.25. The van der Waals surface area contributed by atoms with E-state index in [2.05, 4.69) is 31.0 Å². The Balaban J connectivity index is 1.52. The Hall–Kier alpha value is -1.06. The van der Waals surface area contributed by atoms with Crippen molar-refractivity contribution >= 4 is 17.5 Å². The summed E-state index contributed by atoms with van der Waals surface area (Å²) in [4.78, 5) is 15.2. The van der Waals surface area contributed by atoms with E-state index in [1.165, 1.54) is 12.8 Å². The smallest absolute Gasteiger partial charge is 0.223 e. The van der Waals surface area contributed by atoms with Crippen LogP contribution in [0.4, 0.5) is 0 Å². The molecule has 3 atom stereocenters. The minimum absolute atomic E-state index is 0.0918. The third kappa shape index (κ3) is 4.57. The molecule has 0 spiro atoms. The summed E-state index contributed by atoms with van der Waals surface area (Å²) in [5.41, 5.74) is 1.12. The van der Waals surface area contributed by atoms with Gasteiger partial charge in [0, 0.05) is 23.5 Å². The lowest BCUT2D eigenvalue weighted by Gasteiger charge is -2.39. The van der Waals surface area contributed by atoms with E-state index in [1.807, 2.05) is 24.3 Å². The zero-order chi connectivity index (χ0) is 18.0. The van der Waals surface area contributed by atoms with Gasteiger partial charge in [0.15, 0.2) is 0 Å². The molecule has 1 aromatic rings. The van der Waals surface area contributed by atoms with Gasteiger partial charge in [-0.1, -0.05) is 50.6 Å². The highest BCUT2D eigenvalue weighted by Crippen LogP contribution is 2.49. The monoisotopic (exact) mass is 362 g/mol. The van der Waals surface area contributed by atoms with Gasteiger partial charge < -0.3 is 5.32 Å². The molecule has 1 saturated heterocycles. The highest BCUT2D eigenvalue weighted by Gasteiger charge is 2.44. The molecule has 1 aliphatic heterocycles. The van der Waals surface area contributed by atoms with E-state index >= 15 is 0 Å². The third-order valence-corrected chi connectivity index (χ3v) is 6.32. The molecule has 3 nitrogen and oxygen atoms in total. The second kappa shape index (κ2) is 8.09. The molecule has 25 heavy (non-hydrogen) atoms. The number of likely N-dealkylation sites (tertiary alicyclic amines) is 1. The van der Waals surface area contributed by atoms with Gasteiger partial charge in [0.25, 0.3) is 0 Å². The molecule has 0 bridgehead atoms. The van der Waals surface area contributed by atoms with E-state index in [-0.39, 0.29) is 11.8 Å². The van der Waals surface area contributed by atoms with Crippen LogP contribution in [0.25, 0.3) is 0 Å². The Morgan fingerprint density at radius 2 is 1.96 bits per heavy atom. The first-order chi connectivity index (χ1) is 12.0. The fourth-order valence-electron chi connectivity index (χ4n) is 4.09. The average Bonchev–Trinajstić information content (AvgIpc) is 3.37. The highest BCUT2D eigenvalue weighted by molar-refractivity contribution is 6.31. The van der Waals surface area contributed by atoms with Gasteiger partial charge in [0.2, 0.25) is 5.91 Å². The summed E-state index contributed by atoms with van der Waals surface area (Å²) >= 11 is 6.27. The summed E-state index contributed by atoms with van der Waals surface area (Å²) in [6.45, 7) is 9.94. The Bertz CT molecular complexity index is 595. The first kappa shape index (κ1) is 18.7. The molecule has 1 N–H and O–H groups in total. The fourth-order valence-corrected chi connectivity index (χ4v) is 4.36. The van der Waals surface area contributed by atoms with Crippen molar-refractivity contribution in [3.63, 3.8) is 0 Å². The minimum Gasteiger partial charge on any atom is -0.354 e. The summed E-state index contributed by atoms with van der Waals surface area (Å²) in [5, 5.41) is 4.01. The van der Waals surface area contributed by atoms with Crippen molar-refractivity contribution in [2.75, 3.05) is 19.6 Å². The maximum Gasteiger partial charge on any atom is 0.223 e. The van der Waals surface area contributed by atoms with Crippen LogP contribution in [0, 0.1) is 17.8 Å². The quantitative estimate of drug-likeness (QED) is 0.817. The molecule has 1 aromatic carbocycles. The Morgan fingerprint density at radius 1 is 1.28 bits per heavy atom. The predicted molar refractivity (Wildman–Crippen MR) is 104 cm³/mol. The topological polar surface area (TPSA) is 32.3 Å². The number of rotatable bonds is 6. The maximum absolute atomic E-state index is 12.6. The largest absolute Gasteiger partial charge is 0.354 e. The van der Waals surface area contributed by atoms with Gasteiger partial charge in [0.1, 0.15) is 0 Å². The number of benzene rings is 1. The van der Waals surface area contributed by atoms with Gasteiger partial charge in [-0.2, -0.15) is 0 Å². The lowest BCUT2D eigenvalue weighted by molar-refractivity contribution is -0.122. The van der Waals surface area contributed by atoms with Gasteiger partial charge in [-0.05, 0) is 61.7 Å². The van der Waals surface area contributed by atoms with Crippen molar-refractivity contribution in [1.82, 2.24) is 10.2 Å². The highest BCUT2D eigenvalue weighted by atomic mass is 35.5. The summed E-state index contributed by atoms with van der Waals surface area (Å²) in [6, 6.07) is 8.34. The molecule has 0 aromatic heterocycles. The average molecular weight is 363 g/mol. The third-order valence-electron chi connectivity index (χ3n) is 5.97. The van der Waals surface area contributed by atoms with E-state index in [0.717, 1.165) is 42.6 Å². The lowest BCUT2D eigenvalue weighted by Crippen LogP contribution is -2.49. The van der Waals surface area contributed by atoms with E-state index in [9.17, 15) is 4.79 Å². The maximum atomic E-state index is 12.6. The number of hydrogen-bond acceptors (Lipinski definition) is 2. The summed E-state index contributed by atoms with van der Waals surface area (Å²) in [6.07, 6.45) is 3.46. The molecule has 138 valence electrons. The van der Waals surface area contributed by atoms with Crippen molar-refractivity contribution in [3.8, 4) is 0 Å². The van der Waals surface area contributed by atoms with Crippen molar-refractivity contribution in [2.24, 2.45) is 17.8 Å². The molecule has 2 aliphatic rings. The minimum atomic E-state index is 0.0918. The molecular formula is C21H31ClN2O. The predicted octanol–water partition coefficient (Wildman–Crippen LogP) is 4.32. The van der Waals surface area contributed by atoms with E-state index in [0.29, 0.717) is 17.9 Å². The first-order valence-corrected chi connectivity index (χ1v) is 10.1. The summed E-state index contributed by atoms with van der Waals surface area (Å²) in [5.74, 6) is 1.96. The van der Waals surface area contributed by atoms with Crippen LogP contribution in [0.1, 0.15) is 51.5 Å². The second-order valence-corrected chi connectivity index (χ2v) is 8.65. The van der Waals surface area contributed by atoms with E-state index < -0.39 is 0 Å². The number of amides is 1. The van der Waals surface area contributed by atoms with Crippen molar-refractivity contribution in [2.45, 2.75) is 52.0 Å². The summed E-state index contributed by atoms with van der Waals surface area (Å²) < 4.78 is 0. The zero-order valence-electron chi connectivity index (χ0n) is 15.7. The molecular weight excluding hydrogens is 332 g/mol. The first-order valence-electron chi connectivity index (χ1n) is 9.73. The molecule has 3 unspecified atom stereocenters. The number of carbonyl (C=O) groups excluding carboxylic acids is 1. The van der Waals surface area contributed by atoms with E-state index in [4.69, 9.17) is 11.6 Å². The number of carbonyl (C=O) groups is 1. The standard InChI is InChI=1S/C21H31ClN2O/c1-14(2)20(24-10-8-15(3)9-11-24)13-23-21(25)18-12-17(18)16-6-4-5-7-19(16)22/h4-7,14-15,17-18,20H,8-13H2,1-3H3,(H,23,25). The van der Waals surface area contributed by atoms with Crippen LogP contribution in [0.3, 0.4) is 0 Å². The van der Waals surface area contributed by atoms with Gasteiger partial charge in [-0.3, -0.25) is 9.69 Å². The van der Waals surface area contributed by atoms with Crippen molar-refractivity contribution in [3.05, 3.63) is 34.9 Å². The van der Waals surface area contributed by atoms with Gasteiger partial charge in [-0.15, -0.1) is 0 Å². The molecule has 4 heteroatoms. The molecule has 0 radical (unpaired) electrons. The van der Waals surface area contributed by atoms with Crippen LogP contribution in [0.2, 0.25) is 5.02 Å². The Kier molecular flexibility index (Phi) is 6.06. The van der Waals surface area contributed by atoms with Gasteiger partial charge in [0.05, 0.1) is 0 Å². The van der Waals surface area contributed by atoms with Crippen LogP contribution < -0.4 is 5.32 Å². The fraction of sp³-hybridized carbons (Fsp3) is 0.667. The number of nitrogens with zero attached hydrogens (tertiary/aromatic N) is 1. The number of halogens is 1. The number of nitrogens with one attached hydrogen (secondary N) is 1. The zero-order valence-corrected chi connectivity index (χ0v) is 16.4. The van der Waals surface area contributed by atoms with Crippen LogP contribution in [-0.4, -0.2) is 36.5 Å². The van der Waals surface area contributed by atoms with Crippen LogP contribution >= 0.6 is 11.6 Å². The summed E-state index contributed by atoms with van der Waals surface area (Å²) in [7, 11) is 0. The Labute approximate surface area is 157 Å². The molecule has 1 heterocycles. The molecule has 1 amide bonds. The van der Waals surface area contributed by atoms with Crippen molar-refractivity contribution in [1.29, 1.82) is 0 Å². The molecule has 1 aliphatic carbocycles. The normalized spacial score (nSPS) is 25.8. The number of hydrogen-bond donors (Lipinski definition) is 1. The Morgan fingerprint density at radius 3 is 2.60 bits per heavy atom. The molecule has 3 rings (SSSR count). The van der Waals surface area contributed by atoms with Gasteiger partial charge in [-0.25, -0.2) is 0 Å². The van der Waals surface area contributed by atoms with E-state index in [1.54, 1.807) is 0 Å². The lowest BCUT2D eigenvalue weighted by atomic mass is 9.94. The molecule has 2 fully saturated rings. The SMILES string of the molecule is CC1CCN(C(CNC(=O)C2CC2c2ccccc2Cl)C(C)C)CC1. The van der Waals surface area contributed by atoms with Crippen LogP contribution in [0.15, 0.2) is 24.3 Å². The van der Waals surface area contributed by atoms with Gasteiger partial charge >= 0.3 is 0 Å².